The minimum Gasteiger partial charge on any atom is -0.361 e. The summed E-state index contributed by atoms with van der Waals surface area (Å²) in [6.45, 7) is 13.0. The van der Waals surface area contributed by atoms with Gasteiger partial charge in [0.25, 0.3) is 0 Å². The second-order valence-corrected chi connectivity index (χ2v) is 4.93. The summed E-state index contributed by atoms with van der Waals surface area (Å²) in [7, 11) is 0. The molecular weight excluding hydrogens is 182 g/mol. The summed E-state index contributed by atoms with van der Waals surface area (Å²) in [5, 5.41) is 2.34. The topological polar surface area (TPSA) is 15.8 Å². The van der Waals surface area contributed by atoms with Gasteiger partial charge < -0.3 is 4.98 Å². The summed E-state index contributed by atoms with van der Waals surface area (Å²) < 4.78 is 0. The Morgan fingerprint density at radius 2 is 2.07 bits per heavy atom. The molecule has 1 nitrogen and oxygen atoms in total. The van der Waals surface area contributed by atoms with E-state index in [9.17, 15) is 0 Å². The lowest BCUT2D eigenvalue weighted by molar-refractivity contribution is 0.437. The molecule has 0 bridgehead atoms. The molecule has 0 radical (unpaired) electrons. The quantitative estimate of drug-likeness (QED) is 0.777. The molecule has 15 heavy (non-hydrogen) atoms. The fraction of sp³-hybridized carbons (Fsp3) is 0.571. The standard InChI is InChI=1S/C14H23N/c1-6-14-12(5)15-9-13(14)8-11(4)7-10(2)3/h6,9-11,15H,5,7-8H2,1-4H3. The van der Waals surface area contributed by atoms with Gasteiger partial charge in [-0.05, 0) is 42.4 Å². The second kappa shape index (κ2) is 5.20. The summed E-state index contributed by atoms with van der Waals surface area (Å²) in [5.41, 5.74) is 1.41. The van der Waals surface area contributed by atoms with Crippen molar-refractivity contribution in [2.75, 3.05) is 0 Å². The zero-order valence-corrected chi connectivity index (χ0v) is 10.4. The fourth-order valence-corrected chi connectivity index (χ4v) is 2.32. The van der Waals surface area contributed by atoms with Gasteiger partial charge in [0.15, 0.2) is 0 Å². The third-order valence-electron chi connectivity index (χ3n) is 2.82. The highest BCUT2D eigenvalue weighted by atomic mass is 14.6. The van der Waals surface area contributed by atoms with Crippen LogP contribution in [0.3, 0.4) is 0 Å². The van der Waals surface area contributed by atoms with Gasteiger partial charge in [-0.3, -0.25) is 0 Å². The van der Waals surface area contributed by atoms with Crippen molar-refractivity contribution in [3.8, 4) is 0 Å². The minimum atomic E-state index is 0.749. The van der Waals surface area contributed by atoms with E-state index >= 15 is 0 Å². The molecule has 1 unspecified atom stereocenters. The lowest BCUT2D eigenvalue weighted by Gasteiger charge is -2.12. The molecule has 0 spiro atoms. The van der Waals surface area contributed by atoms with Crippen molar-refractivity contribution >= 4 is 12.7 Å². The third kappa shape index (κ3) is 3.26. The summed E-state index contributed by atoms with van der Waals surface area (Å²) >= 11 is 0. The number of nitrogens with one attached hydrogen (secondary N) is 1. The van der Waals surface area contributed by atoms with Crippen LogP contribution in [-0.2, 0) is 6.42 Å². The molecule has 1 aromatic rings. The van der Waals surface area contributed by atoms with Gasteiger partial charge in [0.2, 0.25) is 0 Å². The number of hydrogen-bond donors (Lipinski definition) is 1. The molecule has 0 saturated heterocycles. The van der Waals surface area contributed by atoms with E-state index in [-0.39, 0.29) is 0 Å². The Morgan fingerprint density at radius 1 is 1.40 bits per heavy atom. The molecule has 1 heteroatoms. The highest BCUT2D eigenvalue weighted by molar-refractivity contribution is 5.28. The molecule has 1 atom stereocenters. The molecule has 1 heterocycles. The SMILES string of the molecule is C=c1[nH]cc(CC(C)CC(C)C)c1=CC. The van der Waals surface area contributed by atoms with Crippen LogP contribution in [0, 0.1) is 11.8 Å². The first-order valence-corrected chi connectivity index (χ1v) is 5.86. The lowest BCUT2D eigenvalue weighted by atomic mass is 9.93. The molecule has 0 saturated carbocycles. The van der Waals surface area contributed by atoms with Crippen molar-refractivity contribution < 1.29 is 0 Å². The average Bonchev–Trinajstić information content (AvgIpc) is 2.45. The molecule has 0 fully saturated rings. The zero-order valence-electron chi connectivity index (χ0n) is 10.4. The number of aromatic amines is 1. The van der Waals surface area contributed by atoms with Crippen LogP contribution in [0.2, 0.25) is 0 Å². The van der Waals surface area contributed by atoms with Gasteiger partial charge in [-0.15, -0.1) is 0 Å². The molecule has 0 aliphatic rings. The zero-order chi connectivity index (χ0) is 11.4. The Labute approximate surface area is 92.9 Å². The second-order valence-electron chi connectivity index (χ2n) is 4.93. The molecule has 0 aliphatic carbocycles. The Bertz CT molecular complexity index is 397. The maximum atomic E-state index is 3.99. The first kappa shape index (κ1) is 12.1. The molecule has 0 aliphatic heterocycles. The van der Waals surface area contributed by atoms with E-state index in [0.717, 1.165) is 23.6 Å². The number of aromatic nitrogens is 1. The third-order valence-corrected chi connectivity index (χ3v) is 2.82. The van der Waals surface area contributed by atoms with E-state index in [1.807, 2.05) is 0 Å². The van der Waals surface area contributed by atoms with Crippen LogP contribution in [0.25, 0.3) is 12.7 Å². The molecular formula is C14H23N. The largest absolute Gasteiger partial charge is 0.361 e. The smallest absolute Gasteiger partial charge is 0.0380 e. The van der Waals surface area contributed by atoms with Crippen molar-refractivity contribution in [3.63, 3.8) is 0 Å². The van der Waals surface area contributed by atoms with Crippen molar-refractivity contribution in [2.45, 2.75) is 40.5 Å². The molecule has 84 valence electrons. The van der Waals surface area contributed by atoms with Crippen LogP contribution in [0.4, 0.5) is 0 Å². The first-order chi connectivity index (χ1) is 7.04. The van der Waals surface area contributed by atoms with Gasteiger partial charge in [0.05, 0.1) is 0 Å². The van der Waals surface area contributed by atoms with Crippen molar-refractivity contribution in [3.05, 3.63) is 22.3 Å². The van der Waals surface area contributed by atoms with Crippen LogP contribution in [-0.4, -0.2) is 4.98 Å². The molecule has 0 aromatic carbocycles. The Balaban J connectivity index is 2.77. The Kier molecular flexibility index (Phi) is 4.19. The Morgan fingerprint density at radius 3 is 2.60 bits per heavy atom. The van der Waals surface area contributed by atoms with Crippen LogP contribution in [0.5, 0.6) is 0 Å². The monoisotopic (exact) mass is 205 g/mol. The van der Waals surface area contributed by atoms with E-state index < -0.39 is 0 Å². The van der Waals surface area contributed by atoms with Gasteiger partial charge in [-0.2, -0.15) is 0 Å². The molecule has 0 amide bonds. The summed E-state index contributed by atoms with van der Waals surface area (Å²) in [4.78, 5) is 3.20. The van der Waals surface area contributed by atoms with Crippen molar-refractivity contribution in [2.24, 2.45) is 11.8 Å². The summed E-state index contributed by atoms with van der Waals surface area (Å²) in [6, 6.07) is 0. The van der Waals surface area contributed by atoms with Crippen molar-refractivity contribution in [1.29, 1.82) is 0 Å². The summed E-state index contributed by atoms with van der Waals surface area (Å²) in [5.74, 6) is 1.53. The highest BCUT2D eigenvalue weighted by Crippen LogP contribution is 2.14. The number of rotatable bonds is 4. The maximum absolute atomic E-state index is 3.99. The number of hydrogen-bond acceptors (Lipinski definition) is 0. The van der Waals surface area contributed by atoms with E-state index in [2.05, 4.69) is 51.5 Å². The first-order valence-electron chi connectivity index (χ1n) is 5.86. The molecule has 1 aromatic heterocycles. The fourth-order valence-electron chi connectivity index (χ4n) is 2.32. The van der Waals surface area contributed by atoms with Gasteiger partial charge in [0.1, 0.15) is 0 Å². The molecule has 1 N–H and O–H groups in total. The van der Waals surface area contributed by atoms with E-state index in [1.54, 1.807) is 0 Å². The van der Waals surface area contributed by atoms with Crippen molar-refractivity contribution in [1.82, 2.24) is 4.98 Å². The van der Waals surface area contributed by atoms with Gasteiger partial charge >= 0.3 is 0 Å². The average molecular weight is 205 g/mol. The molecule has 1 rings (SSSR count). The van der Waals surface area contributed by atoms with E-state index in [1.165, 1.54) is 17.2 Å². The van der Waals surface area contributed by atoms with Gasteiger partial charge in [-0.25, -0.2) is 0 Å². The van der Waals surface area contributed by atoms with Crippen LogP contribution < -0.4 is 10.6 Å². The number of H-pyrrole nitrogens is 1. The van der Waals surface area contributed by atoms with Crippen LogP contribution >= 0.6 is 0 Å². The summed E-state index contributed by atoms with van der Waals surface area (Å²) in [6.07, 6.45) is 6.70. The van der Waals surface area contributed by atoms with Crippen LogP contribution in [0.1, 0.15) is 39.7 Å². The van der Waals surface area contributed by atoms with E-state index in [4.69, 9.17) is 0 Å². The predicted octanol–water partition coefficient (Wildman–Crippen LogP) is 2.45. The van der Waals surface area contributed by atoms with Gasteiger partial charge in [0, 0.05) is 11.5 Å². The Hall–Kier alpha value is -0.980. The normalized spacial score (nSPS) is 14.9. The minimum absolute atomic E-state index is 0.749. The van der Waals surface area contributed by atoms with Gasteiger partial charge in [-0.1, -0.05) is 33.4 Å². The predicted molar refractivity (Wildman–Crippen MR) is 68.0 cm³/mol. The highest BCUT2D eigenvalue weighted by Gasteiger charge is 2.07. The van der Waals surface area contributed by atoms with Crippen LogP contribution in [0.15, 0.2) is 6.20 Å². The maximum Gasteiger partial charge on any atom is 0.0380 e. The van der Waals surface area contributed by atoms with E-state index in [0.29, 0.717) is 0 Å². The lowest BCUT2D eigenvalue weighted by Crippen LogP contribution is -2.24.